The summed E-state index contributed by atoms with van der Waals surface area (Å²) in [6, 6.07) is 12.6. The van der Waals surface area contributed by atoms with E-state index < -0.39 is 0 Å². The Bertz CT molecular complexity index is 1070. The van der Waals surface area contributed by atoms with Crippen LogP contribution >= 0.6 is 0 Å². The fourth-order valence-corrected chi connectivity index (χ4v) is 4.58. The van der Waals surface area contributed by atoms with Gasteiger partial charge in [-0.2, -0.15) is 0 Å². The zero-order valence-corrected chi connectivity index (χ0v) is 16.5. The first kappa shape index (κ1) is 18.0. The predicted molar refractivity (Wildman–Crippen MR) is 114 cm³/mol. The van der Waals surface area contributed by atoms with Crippen molar-refractivity contribution in [1.29, 1.82) is 0 Å². The lowest BCUT2D eigenvalue weighted by Crippen LogP contribution is -2.43. The van der Waals surface area contributed by atoms with E-state index in [-0.39, 0.29) is 11.9 Å². The first-order chi connectivity index (χ1) is 14.2. The van der Waals surface area contributed by atoms with Crippen LogP contribution in [0.4, 0.5) is 0 Å². The molecule has 0 N–H and O–H groups in total. The van der Waals surface area contributed by atoms with Crippen molar-refractivity contribution in [3.8, 4) is 0 Å². The first-order valence-electron chi connectivity index (χ1n) is 10.3. The van der Waals surface area contributed by atoms with Gasteiger partial charge in [0.15, 0.2) is 0 Å². The Labute approximate surface area is 170 Å². The normalized spacial score (nSPS) is 23.3. The third kappa shape index (κ3) is 3.65. The SMILES string of the molecule is C[C@@H]1CC(c2ccc(C3C=N3)c3ncccc23)CN(C(=O)Cc2cccnc2)C1. The number of benzene rings is 1. The molecule has 0 bridgehead atoms. The smallest absolute Gasteiger partial charge is 0.227 e. The molecule has 5 nitrogen and oxygen atoms in total. The minimum atomic E-state index is 0.181. The van der Waals surface area contributed by atoms with E-state index in [1.807, 2.05) is 35.5 Å². The monoisotopic (exact) mass is 384 g/mol. The summed E-state index contributed by atoms with van der Waals surface area (Å²) in [5, 5.41) is 1.19. The molecule has 5 rings (SSSR count). The standard InChI is InChI=1S/C24H24N4O/c1-16-10-18(15-28(14-16)23(29)11-17-4-2-8-25-12-17)19-6-7-21(22-13-27-22)24-20(19)5-3-9-26-24/h2-9,12-13,16,18,22H,10-11,14-15H2,1H3/t16-,18?,22?/m1/s1. The number of carbonyl (C=O) groups is 1. The van der Waals surface area contributed by atoms with E-state index in [9.17, 15) is 4.79 Å². The van der Waals surface area contributed by atoms with Gasteiger partial charge in [0.1, 0.15) is 6.04 Å². The van der Waals surface area contributed by atoms with Crippen molar-refractivity contribution in [2.75, 3.05) is 13.1 Å². The van der Waals surface area contributed by atoms with Crippen molar-refractivity contribution in [2.45, 2.75) is 31.7 Å². The summed E-state index contributed by atoms with van der Waals surface area (Å²) in [5.74, 6) is 0.960. The van der Waals surface area contributed by atoms with Crippen LogP contribution in [-0.4, -0.2) is 40.1 Å². The molecular formula is C24H24N4O. The Kier molecular flexibility index (Phi) is 4.58. The summed E-state index contributed by atoms with van der Waals surface area (Å²) < 4.78 is 0. The van der Waals surface area contributed by atoms with Crippen LogP contribution < -0.4 is 0 Å². The minimum absolute atomic E-state index is 0.181. The second kappa shape index (κ2) is 7.39. The van der Waals surface area contributed by atoms with Gasteiger partial charge in [-0.15, -0.1) is 0 Å². The van der Waals surface area contributed by atoms with Gasteiger partial charge >= 0.3 is 0 Å². The van der Waals surface area contributed by atoms with Gasteiger partial charge in [-0.1, -0.05) is 31.2 Å². The van der Waals surface area contributed by atoms with Crippen LogP contribution in [0.2, 0.25) is 0 Å². The molecule has 2 aromatic heterocycles. The van der Waals surface area contributed by atoms with E-state index in [0.29, 0.717) is 18.3 Å². The van der Waals surface area contributed by atoms with Crippen LogP contribution in [0, 0.1) is 5.92 Å². The molecular weight excluding hydrogens is 360 g/mol. The molecule has 2 aliphatic heterocycles. The quantitative estimate of drug-likeness (QED) is 0.684. The van der Waals surface area contributed by atoms with E-state index in [4.69, 9.17) is 0 Å². The van der Waals surface area contributed by atoms with Gasteiger partial charge in [-0.25, -0.2) is 0 Å². The highest BCUT2D eigenvalue weighted by Crippen LogP contribution is 2.38. The molecule has 5 heteroatoms. The van der Waals surface area contributed by atoms with Gasteiger partial charge in [0.05, 0.1) is 11.9 Å². The third-order valence-electron chi connectivity index (χ3n) is 5.98. The maximum Gasteiger partial charge on any atom is 0.227 e. The van der Waals surface area contributed by atoms with E-state index in [1.54, 1.807) is 12.4 Å². The average molecular weight is 384 g/mol. The van der Waals surface area contributed by atoms with E-state index >= 15 is 0 Å². The number of likely N-dealkylation sites (tertiary alicyclic amines) is 1. The Morgan fingerprint density at radius 3 is 2.72 bits per heavy atom. The average Bonchev–Trinajstić information content (AvgIpc) is 3.58. The fraction of sp³-hybridized carbons (Fsp3) is 0.333. The molecule has 0 saturated carbocycles. The van der Waals surface area contributed by atoms with Crippen LogP contribution in [0.5, 0.6) is 0 Å². The summed E-state index contributed by atoms with van der Waals surface area (Å²) in [6.07, 6.45) is 8.83. The van der Waals surface area contributed by atoms with Crippen molar-refractivity contribution >= 4 is 23.0 Å². The molecule has 3 atom stereocenters. The van der Waals surface area contributed by atoms with Gasteiger partial charge in [0.2, 0.25) is 5.91 Å². The Balaban J connectivity index is 1.42. The lowest BCUT2D eigenvalue weighted by atomic mass is 9.83. The second-order valence-electron chi connectivity index (χ2n) is 8.26. The van der Waals surface area contributed by atoms with Gasteiger partial charge in [-0.05, 0) is 35.6 Å². The zero-order valence-electron chi connectivity index (χ0n) is 16.5. The topological polar surface area (TPSA) is 58.5 Å². The maximum atomic E-state index is 13.0. The number of hydrogen-bond acceptors (Lipinski definition) is 4. The Morgan fingerprint density at radius 2 is 1.93 bits per heavy atom. The van der Waals surface area contributed by atoms with Crippen molar-refractivity contribution < 1.29 is 4.79 Å². The van der Waals surface area contributed by atoms with Gasteiger partial charge < -0.3 is 4.90 Å². The molecule has 1 aromatic carbocycles. The molecule has 1 saturated heterocycles. The molecule has 2 unspecified atom stereocenters. The van der Waals surface area contributed by atoms with E-state index in [0.717, 1.165) is 30.6 Å². The number of piperidine rings is 1. The molecule has 0 spiro atoms. The minimum Gasteiger partial charge on any atom is -0.342 e. The molecule has 0 radical (unpaired) electrons. The van der Waals surface area contributed by atoms with Gasteiger partial charge in [0, 0.05) is 54.8 Å². The molecule has 1 fully saturated rings. The second-order valence-corrected chi connectivity index (χ2v) is 8.26. The third-order valence-corrected chi connectivity index (χ3v) is 5.98. The number of aromatic nitrogens is 2. The van der Waals surface area contributed by atoms with Crippen molar-refractivity contribution in [3.63, 3.8) is 0 Å². The maximum absolute atomic E-state index is 13.0. The summed E-state index contributed by atoms with van der Waals surface area (Å²) >= 11 is 0. The highest BCUT2D eigenvalue weighted by atomic mass is 16.2. The summed E-state index contributed by atoms with van der Waals surface area (Å²) in [4.78, 5) is 28.1. The van der Waals surface area contributed by atoms with Crippen molar-refractivity contribution in [3.05, 3.63) is 71.7 Å². The lowest BCUT2D eigenvalue weighted by molar-refractivity contribution is -0.132. The molecule has 146 valence electrons. The summed E-state index contributed by atoms with van der Waals surface area (Å²) in [7, 11) is 0. The van der Waals surface area contributed by atoms with Gasteiger partial charge in [0.25, 0.3) is 0 Å². The number of aliphatic imine (C=N–C) groups is 1. The molecule has 29 heavy (non-hydrogen) atoms. The Morgan fingerprint density at radius 1 is 1.10 bits per heavy atom. The number of rotatable bonds is 4. The van der Waals surface area contributed by atoms with Crippen molar-refractivity contribution in [1.82, 2.24) is 14.9 Å². The summed E-state index contributed by atoms with van der Waals surface area (Å²) in [6.45, 7) is 3.82. The van der Waals surface area contributed by atoms with Crippen molar-refractivity contribution in [2.24, 2.45) is 10.9 Å². The number of pyridine rings is 2. The highest BCUT2D eigenvalue weighted by molar-refractivity contribution is 5.92. The first-order valence-corrected chi connectivity index (χ1v) is 10.3. The molecule has 4 heterocycles. The highest BCUT2D eigenvalue weighted by Gasteiger charge is 2.30. The molecule has 0 aliphatic carbocycles. The zero-order chi connectivity index (χ0) is 19.8. The number of nitrogens with zero attached hydrogens (tertiary/aromatic N) is 4. The fourth-order valence-electron chi connectivity index (χ4n) is 4.58. The number of amides is 1. The predicted octanol–water partition coefficient (Wildman–Crippen LogP) is 3.95. The van der Waals surface area contributed by atoms with Crippen LogP contribution in [-0.2, 0) is 11.2 Å². The number of carbonyl (C=O) groups excluding carboxylic acids is 1. The van der Waals surface area contributed by atoms with Crippen LogP contribution in [0.3, 0.4) is 0 Å². The Hall–Kier alpha value is -3.08. The molecule has 2 aliphatic rings. The lowest BCUT2D eigenvalue weighted by Gasteiger charge is -2.37. The number of hydrogen-bond donors (Lipinski definition) is 0. The van der Waals surface area contributed by atoms with Crippen LogP contribution in [0.25, 0.3) is 10.9 Å². The molecule has 3 aromatic rings. The largest absolute Gasteiger partial charge is 0.342 e. The molecule has 1 amide bonds. The van der Waals surface area contributed by atoms with E-state index in [1.165, 1.54) is 16.5 Å². The number of fused-ring (bicyclic) bond motifs is 1. The van der Waals surface area contributed by atoms with Gasteiger partial charge in [-0.3, -0.25) is 19.8 Å². The summed E-state index contributed by atoms with van der Waals surface area (Å²) in [5.41, 5.74) is 4.48. The van der Waals surface area contributed by atoms with E-state index in [2.05, 4.69) is 40.1 Å². The van der Waals surface area contributed by atoms with Crippen LogP contribution in [0.1, 0.15) is 42.0 Å². The van der Waals surface area contributed by atoms with Crippen LogP contribution in [0.15, 0.2) is 60.0 Å².